The van der Waals surface area contributed by atoms with Crippen LogP contribution in [0.5, 0.6) is 0 Å². The fraction of sp³-hybridized carbons (Fsp3) is 0.818. The standard InChI is InChI=1S/C11H20O/c1-9-5-7-10(8-6-9)11(2,3)12-4/h5,7,9-10H,6,8H2,1-4H3/t9-,10?/m0/s1. The first-order valence-electron chi connectivity index (χ1n) is 4.79. The Balaban J connectivity index is 2.60. The number of ether oxygens (including phenoxy) is 1. The number of hydrogen-bond acceptors (Lipinski definition) is 1. The van der Waals surface area contributed by atoms with E-state index in [0.717, 1.165) is 5.92 Å². The number of methoxy groups -OCH3 is 1. The van der Waals surface area contributed by atoms with Crippen molar-refractivity contribution in [2.75, 3.05) is 7.11 Å². The Morgan fingerprint density at radius 3 is 2.33 bits per heavy atom. The number of rotatable bonds is 2. The predicted molar refractivity (Wildman–Crippen MR) is 52.1 cm³/mol. The Morgan fingerprint density at radius 2 is 1.92 bits per heavy atom. The van der Waals surface area contributed by atoms with E-state index in [1.54, 1.807) is 7.11 Å². The molecule has 0 aliphatic heterocycles. The highest BCUT2D eigenvalue weighted by molar-refractivity contribution is 5.02. The minimum absolute atomic E-state index is 0.0106. The SMILES string of the molecule is COC(C)(C)C1C=C[C@H](C)CC1. The van der Waals surface area contributed by atoms with Gasteiger partial charge in [0.1, 0.15) is 0 Å². The molecule has 0 aromatic heterocycles. The van der Waals surface area contributed by atoms with Gasteiger partial charge >= 0.3 is 0 Å². The molecule has 12 heavy (non-hydrogen) atoms. The first-order valence-corrected chi connectivity index (χ1v) is 4.79. The van der Waals surface area contributed by atoms with Crippen molar-refractivity contribution in [1.82, 2.24) is 0 Å². The highest BCUT2D eigenvalue weighted by atomic mass is 16.5. The van der Waals surface area contributed by atoms with E-state index in [0.29, 0.717) is 5.92 Å². The van der Waals surface area contributed by atoms with Gasteiger partial charge in [-0.2, -0.15) is 0 Å². The van der Waals surface area contributed by atoms with Gasteiger partial charge in [0.2, 0.25) is 0 Å². The number of allylic oxidation sites excluding steroid dienone is 1. The van der Waals surface area contributed by atoms with Crippen molar-refractivity contribution in [2.24, 2.45) is 11.8 Å². The molecule has 0 fully saturated rings. The molecule has 0 N–H and O–H groups in total. The van der Waals surface area contributed by atoms with Crippen LogP contribution in [0.4, 0.5) is 0 Å². The second kappa shape index (κ2) is 3.61. The van der Waals surface area contributed by atoms with Crippen LogP contribution in [0.2, 0.25) is 0 Å². The molecule has 0 saturated carbocycles. The zero-order valence-corrected chi connectivity index (χ0v) is 8.63. The molecular formula is C11H20O. The third kappa shape index (κ3) is 2.10. The zero-order chi connectivity index (χ0) is 9.19. The summed E-state index contributed by atoms with van der Waals surface area (Å²) in [7, 11) is 1.80. The lowest BCUT2D eigenvalue weighted by atomic mass is 9.80. The van der Waals surface area contributed by atoms with E-state index in [1.165, 1.54) is 12.8 Å². The molecule has 2 atom stereocenters. The van der Waals surface area contributed by atoms with Gasteiger partial charge in [-0.15, -0.1) is 0 Å². The normalized spacial score (nSPS) is 30.7. The lowest BCUT2D eigenvalue weighted by molar-refractivity contribution is -0.0174. The molecule has 1 heteroatoms. The summed E-state index contributed by atoms with van der Waals surface area (Å²) in [4.78, 5) is 0. The quantitative estimate of drug-likeness (QED) is 0.576. The van der Waals surface area contributed by atoms with Gasteiger partial charge in [-0.3, -0.25) is 0 Å². The molecule has 1 unspecified atom stereocenters. The van der Waals surface area contributed by atoms with Gasteiger partial charge in [-0.1, -0.05) is 19.1 Å². The molecule has 1 rings (SSSR count). The Morgan fingerprint density at radius 1 is 1.25 bits per heavy atom. The van der Waals surface area contributed by atoms with E-state index in [9.17, 15) is 0 Å². The molecule has 1 aliphatic rings. The zero-order valence-electron chi connectivity index (χ0n) is 8.63. The summed E-state index contributed by atoms with van der Waals surface area (Å²) in [5, 5.41) is 0. The van der Waals surface area contributed by atoms with Crippen molar-refractivity contribution >= 4 is 0 Å². The second-order valence-electron chi connectivity index (χ2n) is 4.35. The summed E-state index contributed by atoms with van der Waals surface area (Å²) in [5.74, 6) is 1.35. The van der Waals surface area contributed by atoms with Crippen LogP contribution in [-0.4, -0.2) is 12.7 Å². The molecule has 0 radical (unpaired) electrons. The van der Waals surface area contributed by atoms with E-state index in [4.69, 9.17) is 4.74 Å². The first-order chi connectivity index (χ1) is 5.56. The highest BCUT2D eigenvalue weighted by Gasteiger charge is 2.28. The Kier molecular flexibility index (Phi) is 2.94. The van der Waals surface area contributed by atoms with E-state index in [1.807, 2.05) is 0 Å². The van der Waals surface area contributed by atoms with Gasteiger partial charge in [0.15, 0.2) is 0 Å². The van der Waals surface area contributed by atoms with Crippen LogP contribution in [0.25, 0.3) is 0 Å². The predicted octanol–water partition coefficient (Wildman–Crippen LogP) is 3.01. The molecular weight excluding hydrogens is 148 g/mol. The Bertz CT molecular complexity index is 170. The van der Waals surface area contributed by atoms with Crippen molar-refractivity contribution < 1.29 is 4.74 Å². The molecule has 0 amide bonds. The molecule has 0 heterocycles. The third-order valence-electron chi connectivity index (χ3n) is 3.02. The number of hydrogen-bond donors (Lipinski definition) is 0. The first kappa shape index (κ1) is 9.79. The average Bonchev–Trinajstić information content (AvgIpc) is 2.05. The van der Waals surface area contributed by atoms with Crippen LogP contribution in [0.15, 0.2) is 12.2 Å². The molecule has 1 aliphatic carbocycles. The van der Waals surface area contributed by atoms with Crippen molar-refractivity contribution in [3.8, 4) is 0 Å². The highest BCUT2D eigenvalue weighted by Crippen LogP contribution is 2.31. The molecule has 0 saturated heterocycles. The Hall–Kier alpha value is -0.300. The largest absolute Gasteiger partial charge is 0.378 e. The van der Waals surface area contributed by atoms with Crippen LogP contribution in [0.3, 0.4) is 0 Å². The van der Waals surface area contributed by atoms with E-state index in [2.05, 4.69) is 32.9 Å². The van der Waals surface area contributed by atoms with E-state index >= 15 is 0 Å². The summed E-state index contributed by atoms with van der Waals surface area (Å²) in [5.41, 5.74) is 0.0106. The van der Waals surface area contributed by atoms with Crippen molar-refractivity contribution in [2.45, 2.75) is 39.2 Å². The second-order valence-corrected chi connectivity index (χ2v) is 4.35. The summed E-state index contributed by atoms with van der Waals surface area (Å²) < 4.78 is 5.46. The minimum Gasteiger partial charge on any atom is -0.378 e. The maximum absolute atomic E-state index is 5.46. The maximum Gasteiger partial charge on any atom is 0.0685 e. The van der Waals surface area contributed by atoms with Crippen LogP contribution in [-0.2, 0) is 4.74 Å². The van der Waals surface area contributed by atoms with Gasteiger partial charge in [0, 0.05) is 13.0 Å². The van der Waals surface area contributed by atoms with Crippen LogP contribution in [0, 0.1) is 11.8 Å². The fourth-order valence-electron chi connectivity index (χ4n) is 1.69. The van der Waals surface area contributed by atoms with Crippen LogP contribution >= 0.6 is 0 Å². The fourth-order valence-corrected chi connectivity index (χ4v) is 1.69. The van der Waals surface area contributed by atoms with Crippen LogP contribution in [0.1, 0.15) is 33.6 Å². The molecule has 1 nitrogen and oxygen atoms in total. The lowest BCUT2D eigenvalue weighted by Crippen LogP contribution is -2.33. The van der Waals surface area contributed by atoms with Gasteiger partial charge in [0.05, 0.1) is 5.60 Å². The van der Waals surface area contributed by atoms with Crippen molar-refractivity contribution in [1.29, 1.82) is 0 Å². The van der Waals surface area contributed by atoms with Gasteiger partial charge in [0.25, 0.3) is 0 Å². The van der Waals surface area contributed by atoms with E-state index in [-0.39, 0.29) is 5.60 Å². The average molecular weight is 168 g/mol. The molecule has 70 valence electrons. The van der Waals surface area contributed by atoms with Gasteiger partial charge < -0.3 is 4.74 Å². The van der Waals surface area contributed by atoms with Crippen molar-refractivity contribution in [3.05, 3.63) is 12.2 Å². The summed E-state index contributed by atoms with van der Waals surface area (Å²) in [6.07, 6.45) is 7.19. The smallest absolute Gasteiger partial charge is 0.0685 e. The van der Waals surface area contributed by atoms with Crippen molar-refractivity contribution in [3.63, 3.8) is 0 Å². The summed E-state index contributed by atoms with van der Waals surface area (Å²) in [6.45, 7) is 6.60. The summed E-state index contributed by atoms with van der Waals surface area (Å²) >= 11 is 0. The van der Waals surface area contributed by atoms with E-state index < -0.39 is 0 Å². The maximum atomic E-state index is 5.46. The topological polar surface area (TPSA) is 9.23 Å². The molecule has 0 spiro atoms. The van der Waals surface area contributed by atoms with Gasteiger partial charge in [-0.05, 0) is 32.6 Å². The molecule has 0 aromatic rings. The minimum atomic E-state index is 0.0106. The summed E-state index contributed by atoms with van der Waals surface area (Å²) in [6, 6.07) is 0. The van der Waals surface area contributed by atoms with Crippen LogP contribution < -0.4 is 0 Å². The third-order valence-corrected chi connectivity index (χ3v) is 3.02. The van der Waals surface area contributed by atoms with Gasteiger partial charge in [-0.25, -0.2) is 0 Å². The lowest BCUT2D eigenvalue weighted by Gasteiger charge is -2.34. The Labute approximate surface area is 75.8 Å². The monoisotopic (exact) mass is 168 g/mol. The molecule has 0 bridgehead atoms. The molecule has 0 aromatic carbocycles.